The Morgan fingerprint density at radius 3 is 2.77 bits per heavy atom. The molecule has 2 rings (SSSR count). The van der Waals surface area contributed by atoms with Crippen molar-refractivity contribution in [3.8, 4) is 5.75 Å². The Labute approximate surface area is 78.8 Å². The van der Waals surface area contributed by atoms with Crippen LogP contribution in [-0.2, 0) is 0 Å². The minimum absolute atomic E-state index is 0.399. The summed E-state index contributed by atoms with van der Waals surface area (Å²) in [4.78, 5) is 2.27. The number of nitrogens with zero attached hydrogens (tertiary/aromatic N) is 1. The molecule has 1 aliphatic heterocycles. The highest BCUT2D eigenvalue weighted by Crippen LogP contribution is 2.32. The number of para-hydroxylation sites is 2. The Kier molecular flexibility index (Phi) is 2.13. The molecular formula is C11H15NO. The second-order valence-electron chi connectivity index (χ2n) is 3.67. The van der Waals surface area contributed by atoms with Crippen molar-refractivity contribution in [3.63, 3.8) is 0 Å². The first-order chi connectivity index (χ1) is 6.29. The van der Waals surface area contributed by atoms with Crippen LogP contribution in [0.1, 0.15) is 19.8 Å². The Bertz CT molecular complexity index is 298. The van der Waals surface area contributed by atoms with Crippen LogP contribution in [-0.4, -0.2) is 17.7 Å². The number of aromatic hydroxyl groups is 1. The maximum atomic E-state index is 9.65. The molecule has 0 aromatic heterocycles. The molecule has 0 spiro atoms. The zero-order valence-corrected chi connectivity index (χ0v) is 7.90. The van der Waals surface area contributed by atoms with Crippen molar-refractivity contribution in [1.82, 2.24) is 0 Å². The number of benzene rings is 1. The van der Waals surface area contributed by atoms with Gasteiger partial charge in [0.25, 0.3) is 0 Å². The van der Waals surface area contributed by atoms with Crippen LogP contribution < -0.4 is 4.90 Å². The molecule has 0 radical (unpaired) electrons. The lowest BCUT2D eigenvalue weighted by Crippen LogP contribution is -2.26. The molecule has 1 unspecified atom stereocenters. The predicted octanol–water partition coefficient (Wildman–Crippen LogP) is 2.38. The Balaban J connectivity index is 2.29. The monoisotopic (exact) mass is 177 g/mol. The van der Waals surface area contributed by atoms with E-state index in [1.807, 2.05) is 18.2 Å². The first-order valence-electron chi connectivity index (χ1n) is 4.83. The molecule has 2 nitrogen and oxygen atoms in total. The number of hydrogen-bond donors (Lipinski definition) is 1. The lowest BCUT2D eigenvalue weighted by Gasteiger charge is -2.24. The topological polar surface area (TPSA) is 23.5 Å². The van der Waals surface area contributed by atoms with E-state index in [-0.39, 0.29) is 0 Å². The number of phenols is 1. The molecule has 1 aromatic rings. The summed E-state index contributed by atoms with van der Waals surface area (Å²) < 4.78 is 0. The van der Waals surface area contributed by atoms with Gasteiger partial charge in [0.2, 0.25) is 0 Å². The van der Waals surface area contributed by atoms with E-state index in [2.05, 4.69) is 11.8 Å². The van der Waals surface area contributed by atoms with E-state index >= 15 is 0 Å². The zero-order chi connectivity index (χ0) is 9.26. The van der Waals surface area contributed by atoms with Crippen LogP contribution in [0.5, 0.6) is 5.75 Å². The lowest BCUT2D eigenvalue weighted by atomic mass is 10.2. The van der Waals surface area contributed by atoms with Crippen molar-refractivity contribution in [2.45, 2.75) is 25.8 Å². The summed E-state index contributed by atoms with van der Waals surface area (Å²) in [5.41, 5.74) is 0.979. The summed E-state index contributed by atoms with van der Waals surface area (Å²) >= 11 is 0. The average molecular weight is 177 g/mol. The van der Waals surface area contributed by atoms with Crippen molar-refractivity contribution in [2.24, 2.45) is 0 Å². The second kappa shape index (κ2) is 3.29. The van der Waals surface area contributed by atoms with E-state index in [1.54, 1.807) is 6.07 Å². The van der Waals surface area contributed by atoms with Crippen molar-refractivity contribution in [3.05, 3.63) is 24.3 Å². The molecule has 1 saturated heterocycles. The number of hydrogen-bond acceptors (Lipinski definition) is 2. The molecule has 1 aliphatic rings. The van der Waals surface area contributed by atoms with Gasteiger partial charge >= 0.3 is 0 Å². The van der Waals surface area contributed by atoms with Gasteiger partial charge in [-0.3, -0.25) is 0 Å². The Morgan fingerprint density at radius 2 is 2.15 bits per heavy atom. The van der Waals surface area contributed by atoms with Gasteiger partial charge in [-0.25, -0.2) is 0 Å². The minimum Gasteiger partial charge on any atom is -0.506 e. The highest BCUT2D eigenvalue weighted by molar-refractivity contribution is 5.58. The van der Waals surface area contributed by atoms with Gasteiger partial charge in [0.05, 0.1) is 5.69 Å². The largest absolute Gasteiger partial charge is 0.506 e. The zero-order valence-electron chi connectivity index (χ0n) is 7.90. The summed E-state index contributed by atoms with van der Waals surface area (Å²) in [6.45, 7) is 3.28. The van der Waals surface area contributed by atoms with Crippen LogP contribution in [0.15, 0.2) is 24.3 Å². The quantitative estimate of drug-likeness (QED) is 0.712. The number of phenolic OH excluding ortho intramolecular Hbond substituents is 1. The standard InChI is InChI=1S/C11H15NO/c1-9-5-4-8-12(9)10-6-2-3-7-11(10)13/h2-3,6-7,9,13H,4-5,8H2,1H3. The molecule has 0 amide bonds. The molecule has 1 heterocycles. The summed E-state index contributed by atoms with van der Waals surface area (Å²) in [7, 11) is 0. The summed E-state index contributed by atoms with van der Waals surface area (Å²) in [5.74, 6) is 0.399. The molecule has 70 valence electrons. The van der Waals surface area contributed by atoms with Gasteiger partial charge in [0.1, 0.15) is 5.75 Å². The van der Waals surface area contributed by atoms with E-state index < -0.39 is 0 Å². The van der Waals surface area contributed by atoms with Crippen molar-refractivity contribution >= 4 is 5.69 Å². The van der Waals surface area contributed by atoms with Gasteiger partial charge in [0, 0.05) is 12.6 Å². The van der Waals surface area contributed by atoms with E-state index in [9.17, 15) is 5.11 Å². The Hall–Kier alpha value is -1.18. The number of anilines is 1. The van der Waals surface area contributed by atoms with Crippen LogP contribution in [0.4, 0.5) is 5.69 Å². The smallest absolute Gasteiger partial charge is 0.138 e. The molecule has 0 aliphatic carbocycles. The van der Waals surface area contributed by atoms with Gasteiger partial charge in [-0.1, -0.05) is 12.1 Å². The fourth-order valence-electron chi connectivity index (χ4n) is 2.00. The molecule has 13 heavy (non-hydrogen) atoms. The molecule has 1 N–H and O–H groups in total. The number of rotatable bonds is 1. The fourth-order valence-corrected chi connectivity index (χ4v) is 2.00. The van der Waals surface area contributed by atoms with Crippen LogP contribution in [0.25, 0.3) is 0 Å². The Morgan fingerprint density at radius 1 is 1.38 bits per heavy atom. The van der Waals surface area contributed by atoms with Crippen LogP contribution in [0.2, 0.25) is 0 Å². The van der Waals surface area contributed by atoms with Crippen molar-refractivity contribution in [1.29, 1.82) is 0 Å². The van der Waals surface area contributed by atoms with E-state index in [0.29, 0.717) is 11.8 Å². The van der Waals surface area contributed by atoms with E-state index in [0.717, 1.165) is 12.2 Å². The minimum atomic E-state index is 0.399. The molecular weight excluding hydrogens is 162 g/mol. The third-order valence-electron chi connectivity index (χ3n) is 2.74. The van der Waals surface area contributed by atoms with Crippen molar-refractivity contribution < 1.29 is 5.11 Å². The summed E-state index contributed by atoms with van der Waals surface area (Å²) in [6.07, 6.45) is 2.46. The summed E-state index contributed by atoms with van der Waals surface area (Å²) in [5, 5.41) is 9.65. The second-order valence-corrected chi connectivity index (χ2v) is 3.67. The normalized spacial score (nSPS) is 22.2. The van der Waals surface area contributed by atoms with Crippen LogP contribution in [0, 0.1) is 0 Å². The van der Waals surface area contributed by atoms with Crippen LogP contribution in [0.3, 0.4) is 0 Å². The van der Waals surface area contributed by atoms with E-state index in [1.165, 1.54) is 12.8 Å². The maximum Gasteiger partial charge on any atom is 0.138 e. The average Bonchev–Trinajstić information content (AvgIpc) is 2.52. The molecule has 0 bridgehead atoms. The van der Waals surface area contributed by atoms with Gasteiger partial charge in [-0.05, 0) is 31.9 Å². The van der Waals surface area contributed by atoms with Gasteiger partial charge in [0.15, 0.2) is 0 Å². The first-order valence-corrected chi connectivity index (χ1v) is 4.83. The van der Waals surface area contributed by atoms with Crippen LogP contribution >= 0.6 is 0 Å². The molecule has 0 saturated carbocycles. The third-order valence-corrected chi connectivity index (χ3v) is 2.74. The molecule has 1 fully saturated rings. The van der Waals surface area contributed by atoms with Gasteiger partial charge in [-0.15, -0.1) is 0 Å². The first kappa shape index (κ1) is 8.42. The van der Waals surface area contributed by atoms with Gasteiger partial charge in [-0.2, -0.15) is 0 Å². The van der Waals surface area contributed by atoms with Crippen molar-refractivity contribution in [2.75, 3.05) is 11.4 Å². The highest BCUT2D eigenvalue weighted by Gasteiger charge is 2.21. The third kappa shape index (κ3) is 1.48. The highest BCUT2D eigenvalue weighted by atomic mass is 16.3. The van der Waals surface area contributed by atoms with Gasteiger partial charge < -0.3 is 10.0 Å². The molecule has 1 atom stereocenters. The molecule has 1 aromatic carbocycles. The maximum absolute atomic E-state index is 9.65. The SMILES string of the molecule is CC1CCCN1c1ccccc1O. The predicted molar refractivity (Wildman–Crippen MR) is 54.1 cm³/mol. The van der Waals surface area contributed by atoms with E-state index in [4.69, 9.17) is 0 Å². The summed E-state index contributed by atoms with van der Waals surface area (Å²) in [6, 6.07) is 8.13. The fraction of sp³-hybridized carbons (Fsp3) is 0.455. The lowest BCUT2D eigenvalue weighted by molar-refractivity contribution is 0.473. The molecule has 2 heteroatoms.